The van der Waals surface area contributed by atoms with Crippen molar-refractivity contribution in [2.45, 2.75) is 71.1 Å². The van der Waals surface area contributed by atoms with Gasteiger partial charge < -0.3 is 4.74 Å². The van der Waals surface area contributed by atoms with Gasteiger partial charge in [0.25, 0.3) is 0 Å². The van der Waals surface area contributed by atoms with Crippen LogP contribution in [0.4, 0.5) is 4.39 Å². The number of ether oxygens (including phenoxy) is 1. The Hall–Kier alpha value is -0.530. The fraction of sp³-hybridized carbons (Fsp3) is 0.895. The molecule has 2 aliphatic carbocycles. The molecule has 0 radical (unpaired) electrons. The minimum absolute atomic E-state index is 0.120. The van der Waals surface area contributed by atoms with E-state index in [1.54, 1.807) is 6.26 Å². The van der Waals surface area contributed by atoms with Crippen LogP contribution in [-0.2, 0) is 4.74 Å². The van der Waals surface area contributed by atoms with Gasteiger partial charge >= 0.3 is 0 Å². The molecule has 0 aromatic carbocycles. The molecule has 1 atom stereocenters. The monoisotopic (exact) mass is 296 g/mol. The molecule has 0 spiro atoms. The molecule has 1 nitrogen and oxygen atoms in total. The molecule has 2 saturated carbocycles. The Balaban J connectivity index is 1.79. The highest BCUT2D eigenvalue weighted by atomic mass is 19.1. The van der Waals surface area contributed by atoms with Crippen molar-refractivity contribution >= 4 is 0 Å². The van der Waals surface area contributed by atoms with Gasteiger partial charge in [0, 0.05) is 0 Å². The van der Waals surface area contributed by atoms with E-state index in [9.17, 15) is 4.39 Å². The normalized spacial score (nSPS) is 29.6. The lowest BCUT2D eigenvalue weighted by molar-refractivity contribution is 0.0888. The van der Waals surface area contributed by atoms with Crippen molar-refractivity contribution in [2.75, 3.05) is 13.3 Å². The average molecular weight is 296 g/mol. The maximum absolute atomic E-state index is 13.0. The van der Waals surface area contributed by atoms with Gasteiger partial charge in [-0.15, -0.1) is 0 Å². The predicted octanol–water partition coefficient (Wildman–Crippen LogP) is 5.90. The van der Waals surface area contributed by atoms with Crippen LogP contribution in [0.1, 0.15) is 71.1 Å². The van der Waals surface area contributed by atoms with Crippen molar-refractivity contribution in [3.8, 4) is 0 Å². The topological polar surface area (TPSA) is 9.23 Å². The van der Waals surface area contributed by atoms with Crippen LogP contribution in [0.5, 0.6) is 0 Å². The number of allylic oxidation sites excluding steroid dienone is 1. The molecule has 2 fully saturated rings. The first-order valence-corrected chi connectivity index (χ1v) is 9.13. The highest BCUT2D eigenvalue weighted by molar-refractivity contribution is 4.83. The minimum Gasteiger partial charge on any atom is -0.501 e. The van der Waals surface area contributed by atoms with Crippen LogP contribution in [0.25, 0.3) is 0 Å². The van der Waals surface area contributed by atoms with E-state index < -0.39 is 0 Å². The molecule has 2 aliphatic rings. The summed E-state index contributed by atoms with van der Waals surface area (Å²) >= 11 is 0. The summed E-state index contributed by atoms with van der Waals surface area (Å²) in [6, 6.07) is 0. The van der Waals surface area contributed by atoms with Crippen molar-refractivity contribution in [2.24, 2.45) is 23.7 Å². The van der Waals surface area contributed by atoms with Gasteiger partial charge in [-0.1, -0.05) is 38.2 Å². The second-order valence-corrected chi connectivity index (χ2v) is 7.12. The average Bonchev–Trinajstić information content (AvgIpc) is 2.54. The molecule has 122 valence electrons. The smallest absolute Gasteiger partial charge is 0.0901 e. The zero-order chi connectivity index (χ0) is 14.9. The van der Waals surface area contributed by atoms with Gasteiger partial charge in [-0.3, -0.25) is 4.39 Å². The lowest BCUT2D eigenvalue weighted by Crippen LogP contribution is -2.30. The molecule has 0 heterocycles. The highest BCUT2D eigenvalue weighted by Crippen LogP contribution is 2.42. The molecule has 2 heteroatoms. The Morgan fingerprint density at radius 3 is 2.29 bits per heavy atom. The molecular weight excluding hydrogens is 263 g/mol. The Morgan fingerprint density at radius 2 is 1.67 bits per heavy atom. The summed E-state index contributed by atoms with van der Waals surface area (Å²) < 4.78 is 18.5. The van der Waals surface area contributed by atoms with E-state index in [0.717, 1.165) is 30.8 Å². The SMILES string of the molecule is C/C=C/OCC1CCC(C(CCF)C2CCCCC2)CC1. The number of hydrogen-bond acceptors (Lipinski definition) is 1. The zero-order valence-corrected chi connectivity index (χ0v) is 13.7. The maximum atomic E-state index is 13.0. The van der Waals surface area contributed by atoms with E-state index in [4.69, 9.17) is 4.74 Å². The third-order valence-electron chi connectivity index (χ3n) is 5.76. The van der Waals surface area contributed by atoms with E-state index in [0.29, 0.717) is 5.92 Å². The number of alkyl halides is 1. The Bertz CT molecular complexity index is 288. The van der Waals surface area contributed by atoms with Crippen LogP contribution in [0, 0.1) is 23.7 Å². The van der Waals surface area contributed by atoms with Crippen molar-refractivity contribution in [3.05, 3.63) is 12.3 Å². The van der Waals surface area contributed by atoms with Crippen molar-refractivity contribution in [3.63, 3.8) is 0 Å². The zero-order valence-electron chi connectivity index (χ0n) is 13.7. The fourth-order valence-corrected chi connectivity index (χ4v) is 4.62. The van der Waals surface area contributed by atoms with Crippen molar-refractivity contribution < 1.29 is 9.13 Å². The summed E-state index contributed by atoms with van der Waals surface area (Å²) in [5, 5.41) is 0. The molecule has 0 saturated heterocycles. The minimum atomic E-state index is -0.120. The second-order valence-electron chi connectivity index (χ2n) is 7.12. The van der Waals surface area contributed by atoms with Gasteiger partial charge in [0.1, 0.15) is 0 Å². The number of halogens is 1. The quantitative estimate of drug-likeness (QED) is 0.531. The van der Waals surface area contributed by atoms with Crippen molar-refractivity contribution in [1.82, 2.24) is 0 Å². The van der Waals surface area contributed by atoms with Crippen LogP contribution in [0.2, 0.25) is 0 Å². The van der Waals surface area contributed by atoms with Crippen molar-refractivity contribution in [1.29, 1.82) is 0 Å². The van der Waals surface area contributed by atoms with Gasteiger partial charge in [-0.25, -0.2) is 0 Å². The third kappa shape index (κ3) is 5.30. The largest absolute Gasteiger partial charge is 0.501 e. The number of hydrogen-bond donors (Lipinski definition) is 0. The molecule has 0 bridgehead atoms. The molecule has 1 unspecified atom stereocenters. The molecule has 0 aromatic heterocycles. The highest BCUT2D eigenvalue weighted by Gasteiger charge is 2.33. The van der Waals surface area contributed by atoms with Crippen LogP contribution in [0.3, 0.4) is 0 Å². The summed E-state index contributed by atoms with van der Waals surface area (Å²) in [5.74, 6) is 2.97. The van der Waals surface area contributed by atoms with E-state index in [-0.39, 0.29) is 6.67 Å². The first-order valence-electron chi connectivity index (χ1n) is 9.13. The van der Waals surface area contributed by atoms with E-state index >= 15 is 0 Å². The molecule has 0 aliphatic heterocycles. The van der Waals surface area contributed by atoms with Gasteiger partial charge in [-0.05, 0) is 62.7 Å². The van der Waals surface area contributed by atoms with Crippen LogP contribution < -0.4 is 0 Å². The lowest BCUT2D eigenvalue weighted by atomic mass is 9.67. The summed E-state index contributed by atoms with van der Waals surface area (Å²) in [6.45, 7) is 2.74. The predicted molar refractivity (Wildman–Crippen MR) is 86.9 cm³/mol. The van der Waals surface area contributed by atoms with Crippen LogP contribution in [-0.4, -0.2) is 13.3 Å². The standard InChI is InChI=1S/C19H33FO/c1-2-14-21-15-16-8-10-18(11-9-16)19(12-13-20)17-6-4-3-5-7-17/h2,14,16-19H,3-13,15H2,1H3/b14-2+. The Kier molecular flexibility index (Phi) is 7.60. The third-order valence-corrected chi connectivity index (χ3v) is 5.76. The van der Waals surface area contributed by atoms with Gasteiger partial charge in [0.05, 0.1) is 19.5 Å². The summed E-state index contributed by atoms with van der Waals surface area (Å²) in [6.07, 6.45) is 16.6. The molecule has 0 aromatic rings. The second kappa shape index (κ2) is 9.48. The van der Waals surface area contributed by atoms with E-state index in [1.807, 2.05) is 13.0 Å². The van der Waals surface area contributed by atoms with Crippen LogP contribution >= 0.6 is 0 Å². The first-order chi connectivity index (χ1) is 10.3. The Morgan fingerprint density at radius 1 is 1.00 bits per heavy atom. The van der Waals surface area contributed by atoms with E-state index in [1.165, 1.54) is 57.8 Å². The van der Waals surface area contributed by atoms with Gasteiger partial charge in [0.15, 0.2) is 0 Å². The summed E-state index contributed by atoms with van der Waals surface area (Å²) in [4.78, 5) is 0. The van der Waals surface area contributed by atoms with E-state index in [2.05, 4.69) is 0 Å². The fourth-order valence-electron chi connectivity index (χ4n) is 4.62. The lowest BCUT2D eigenvalue weighted by Gasteiger charge is -2.39. The molecule has 21 heavy (non-hydrogen) atoms. The molecule has 0 N–H and O–H groups in total. The van der Waals surface area contributed by atoms with Gasteiger partial charge in [0.2, 0.25) is 0 Å². The maximum Gasteiger partial charge on any atom is 0.0901 e. The molecule has 2 rings (SSSR count). The number of rotatable bonds is 7. The summed E-state index contributed by atoms with van der Waals surface area (Å²) in [7, 11) is 0. The van der Waals surface area contributed by atoms with Crippen LogP contribution in [0.15, 0.2) is 12.3 Å². The summed E-state index contributed by atoms with van der Waals surface area (Å²) in [5.41, 5.74) is 0. The molecule has 0 amide bonds. The first kappa shape index (κ1) is 16.8. The Labute approximate surface area is 130 Å². The molecular formula is C19H33FO. The van der Waals surface area contributed by atoms with Gasteiger partial charge in [-0.2, -0.15) is 0 Å².